The van der Waals surface area contributed by atoms with E-state index in [4.69, 9.17) is 0 Å². The van der Waals surface area contributed by atoms with Gasteiger partial charge in [0.05, 0.1) is 10.3 Å². The summed E-state index contributed by atoms with van der Waals surface area (Å²) in [5.41, 5.74) is -0.786. The van der Waals surface area contributed by atoms with Gasteiger partial charge < -0.3 is 5.11 Å². The molecular weight excluding hydrogens is 358 g/mol. The maximum atomic E-state index is 12.5. The van der Waals surface area contributed by atoms with Crippen molar-refractivity contribution in [1.29, 1.82) is 0 Å². The number of hydrogen-bond acceptors (Lipinski definition) is 3. The molecule has 7 heteroatoms. The lowest BCUT2D eigenvalue weighted by molar-refractivity contribution is -0.151. The van der Waals surface area contributed by atoms with E-state index in [0.29, 0.717) is 19.3 Å². The number of aliphatic carboxylic acids is 1. The summed E-state index contributed by atoms with van der Waals surface area (Å²) in [6.45, 7) is 2.34. The first-order valence-corrected chi connectivity index (χ1v) is 9.04. The molecule has 5 nitrogen and oxygen atoms in total. The fourth-order valence-corrected chi connectivity index (χ4v) is 4.33. The number of carboxylic acids is 1. The highest BCUT2D eigenvalue weighted by Crippen LogP contribution is 2.36. The van der Waals surface area contributed by atoms with Crippen LogP contribution in [-0.2, 0) is 14.8 Å². The summed E-state index contributed by atoms with van der Waals surface area (Å²) in [5, 5.41) is 9.35. The van der Waals surface area contributed by atoms with Crippen LogP contribution in [0.4, 0.5) is 0 Å². The molecule has 1 aliphatic heterocycles. The number of halogens is 1. The average molecular weight is 376 g/mol. The van der Waals surface area contributed by atoms with Crippen LogP contribution in [-0.4, -0.2) is 36.9 Å². The minimum atomic E-state index is -3.54. The third-order valence-electron chi connectivity index (χ3n) is 4.26. The van der Waals surface area contributed by atoms with Gasteiger partial charge in [0.15, 0.2) is 0 Å². The summed E-state index contributed by atoms with van der Waals surface area (Å²) in [4.78, 5) is 11.6. The predicted octanol–water partition coefficient (Wildman–Crippen LogP) is 2.71. The highest BCUT2D eigenvalue weighted by Gasteiger charge is 2.42. The number of piperidine rings is 1. The number of carboxylic acid groups (broad SMARTS) is 1. The normalized spacial score (nSPS) is 19.3. The maximum Gasteiger partial charge on any atom is 0.309 e. The van der Waals surface area contributed by atoms with Crippen molar-refractivity contribution in [2.24, 2.45) is 5.41 Å². The van der Waals surface area contributed by atoms with Gasteiger partial charge in [0, 0.05) is 17.6 Å². The summed E-state index contributed by atoms with van der Waals surface area (Å²) in [6.07, 6.45) is 1.23. The van der Waals surface area contributed by atoms with Crippen molar-refractivity contribution in [3.8, 4) is 0 Å². The van der Waals surface area contributed by atoms with Crippen molar-refractivity contribution >= 4 is 31.9 Å². The van der Waals surface area contributed by atoms with Gasteiger partial charge in [0.2, 0.25) is 10.0 Å². The van der Waals surface area contributed by atoms with Crippen molar-refractivity contribution in [1.82, 2.24) is 4.31 Å². The second-order valence-electron chi connectivity index (χ2n) is 5.30. The second kappa shape index (κ2) is 6.06. The van der Waals surface area contributed by atoms with Crippen LogP contribution >= 0.6 is 15.9 Å². The van der Waals surface area contributed by atoms with E-state index in [2.05, 4.69) is 15.9 Å². The summed E-state index contributed by atoms with van der Waals surface area (Å²) >= 11 is 3.27. The molecule has 1 heterocycles. The van der Waals surface area contributed by atoms with E-state index in [0.717, 1.165) is 4.47 Å². The summed E-state index contributed by atoms with van der Waals surface area (Å²) in [6, 6.07) is 6.48. The van der Waals surface area contributed by atoms with Gasteiger partial charge in [-0.1, -0.05) is 22.9 Å². The van der Waals surface area contributed by atoms with E-state index in [1.807, 2.05) is 6.92 Å². The van der Waals surface area contributed by atoms with Crippen molar-refractivity contribution < 1.29 is 18.3 Å². The highest BCUT2D eigenvalue weighted by molar-refractivity contribution is 9.10. The molecule has 1 fully saturated rings. The monoisotopic (exact) mass is 375 g/mol. The lowest BCUT2D eigenvalue weighted by Crippen LogP contribution is -2.46. The van der Waals surface area contributed by atoms with Crippen LogP contribution in [0, 0.1) is 5.41 Å². The van der Waals surface area contributed by atoms with Gasteiger partial charge in [-0.3, -0.25) is 4.79 Å². The highest BCUT2D eigenvalue weighted by atomic mass is 79.9. The van der Waals surface area contributed by atoms with Crippen LogP contribution in [0.1, 0.15) is 26.2 Å². The summed E-state index contributed by atoms with van der Waals surface area (Å²) in [7, 11) is -3.54. The van der Waals surface area contributed by atoms with Crippen molar-refractivity contribution in [3.05, 3.63) is 28.7 Å². The number of nitrogens with zero attached hydrogens (tertiary/aromatic N) is 1. The maximum absolute atomic E-state index is 12.5. The molecule has 1 aromatic carbocycles. The number of hydrogen-bond donors (Lipinski definition) is 1. The zero-order chi connectivity index (χ0) is 15.7. The van der Waals surface area contributed by atoms with E-state index < -0.39 is 21.4 Å². The first-order valence-electron chi connectivity index (χ1n) is 6.81. The molecule has 0 saturated carbocycles. The molecule has 116 valence electrons. The Morgan fingerprint density at radius 1 is 1.29 bits per heavy atom. The Bertz CT molecular complexity index is 619. The van der Waals surface area contributed by atoms with Crippen LogP contribution in [0.2, 0.25) is 0 Å². The SMILES string of the molecule is CCC1(C(=O)O)CCN(S(=O)(=O)c2ccc(Br)cc2)CC1. The lowest BCUT2D eigenvalue weighted by atomic mass is 9.77. The van der Waals surface area contributed by atoms with E-state index in [9.17, 15) is 18.3 Å². The molecule has 0 spiro atoms. The largest absolute Gasteiger partial charge is 0.481 e. The molecule has 0 bridgehead atoms. The molecule has 0 radical (unpaired) electrons. The van der Waals surface area contributed by atoms with Crippen LogP contribution in [0.15, 0.2) is 33.6 Å². The van der Waals surface area contributed by atoms with E-state index in [1.165, 1.54) is 4.31 Å². The smallest absolute Gasteiger partial charge is 0.309 e. The Hall–Kier alpha value is -0.920. The van der Waals surface area contributed by atoms with Crippen molar-refractivity contribution in [2.45, 2.75) is 31.1 Å². The van der Waals surface area contributed by atoms with Crippen LogP contribution in [0.5, 0.6) is 0 Å². The Balaban J connectivity index is 2.18. The van der Waals surface area contributed by atoms with Gasteiger partial charge in [-0.2, -0.15) is 4.31 Å². The first-order chi connectivity index (χ1) is 9.82. The fraction of sp³-hybridized carbons (Fsp3) is 0.500. The molecule has 0 unspecified atom stereocenters. The first kappa shape index (κ1) is 16.5. The summed E-state index contributed by atoms with van der Waals surface area (Å²) in [5.74, 6) is -0.828. The third kappa shape index (κ3) is 3.14. The molecule has 0 amide bonds. The zero-order valence-electron chi connectivity index (χ0n) is 11.8. The Labute approximate surface area is 133 Å². The number of rotatable bonds is 4. The molecule has 1 saturated heterocycles. The van der Waals surface area contributed by atoms with Crippen molar-refractivity contribution in [2.75, 3.05) is 13.1 Å². The Morgan fingerprint density at radius 2 is 1.81 bits per heavy atom. The van der Waals surface area contributed by atoms with Gasteiger partial charge in [0.25, 0.3) is 0 Å². The Kier molecular flexibility index (Phi) is 4.75. The third-order valence-corrected chi connectivity index (χ3v) is 6.70. The predicted molar refractivity (Wildman–Crippen MR) is 82.5 cm³/mol. The molecular formula is C14H18BrNO4S. The van der Waals surface area contributed by atoms with Crippen LogP contribution < -0.4 is 0 Å². The molecule has 2 rings (SSSR count). The Morgan fingerprint density at radius 3 is 2.24 bits per heavy atom. The summed E-state index contributed by atoms with van der Waals surface area (Å²) < 4.78 is 27.3. The van der Waals surface area contributed by atoms with Gasteiger partial charge >= 0.3 is 5.97 Å². The zero-order valence-corrected chi connectivity index (χ0v) is 14.2. The number of sulfonamides is 1. The molecule has 1 N–H and O–H groups in total. The van der Waals surface area contributed by atoms with Crippen molar-refractivity contribution in [3.63, 3.8) is 0 Å². The van der Waals surface area contributed by atoms with E-state index in [-0.39, 0.29) is 18.0 Å². The lowest BCUT2D eigenvalue weighted by Gasteiger charge is -2.37. The molecule has 1 aromatic rings. The van der Waals surface area contributed by atoms with Crippen LogP contribution in [0.3, 0.4) is 0 Å². The van der Waals surface area contributed by atoms with Gasteiger partial charge in [-0.05, 0) is 43.5 Å². The number of carbonyl (C=O) groups is 1. The molecule has 0 aromatic heterocycles. The number of benzene rings is 1. The minimum absolute atomic E-state index is 0.241. The fourth-order valence-electron chi connectivity index (χ4n) is 2.63. The van der Waals surface area contributed by atoms with Crippen LogP contribution in [0.25, 0.3) is 0 Å². The van der Waals surface area contributed by atoms with Gasteiger partial charge in [-0.25, -0.2) is 8.42 Å². The van der Waals surface area contributed by atoms with Gasteiger partial charge in [0.1, 0.15) is 0 Å². The quantitative estimate of drug-likeness (QED) is 0.877. The molecule has 1 aliphatic rings. The topological polar surface area (TPSA) is 74.7 Å². The average Bonchev–Trinajstić information content (AvgIpc) is 2.47. The molecule has 0 atom stereocenters. The standard InChI is InChI=1S/C14H18BrNO4S/c1-2-14(13(17)18)7-9-16(10-8-14)21(19,20)12-5-3-11(15)4-6-12/h3-6H,2,7-10H2,1H3,(H,17,18). The second-order valence-corrected chi connectivity index (χ2v) is 8.15. The van der Waals surface area contributed by atoms with Gasteiger partial charge in [-0.15, -0.1) is 0 Å². The molecule has 0 aliphatic carbocycles. The molecule has 21 heavy (non-hydrogen) atoms. The van der Waals surface area contributed by atoms with E-state index >= 15 is 0 Å². The van der Waals surface area contributed by atoms with E-state index in [1.54, 1.807) is 24.3 Å². The minimum Gasteiger partial charge on any atom is -0.481 e.